The number of carboxylic acids is 1. The first-order valence-corrected chi connectivity index (χ1v) is 5.36. The number of carboxylic acid groups (broad SMARTS) is 1. The first kappa shape index (κ1) is 9.93. The highest BCUT2D eigenvalue weighted by Crippen LogP contribution is 2.21. The van der Waals surface area contributed by atoms with Crippen LogP contribution in [0.15, 0.2) is 0 Å². The second-order valence-corrected chi connectivity index (χ2v) is 4.17. The largest absolute Gasteiger partial charge is 0.479 e. The highest BCUT2D eigenvalue weighted by molar-refractivity contribution is 5.72. The van der Waals surface area contributed by atoms with Gasteiger partial charge in [-0.25, -0.2) is 4.79 Å². The maximum atomic E-state index is 10.6. The Morgan fingerprint density at radius 1 is 1.36 bits per heavy atom. The van der Waals surface area contributed by atoms with Crippen molar-refractivity contribution in [1.82, 2.24) is 4.90 Å². The summed E-state index contributed by atoms with van der Waals surface area (Å²) in [6.45, 7) is 3.22. The highest BCUT2D eigenvalue weighted by atomic mass is 16.5. The van der Waals surface area contributed by atoms with Gasteiger partial charge in [0.05, 0.1) is 6.10 Å². The predicted molar refractivity (Wildman–Crippen MR) is 51.2 cm³/mol. The Bertz CT molecular complexity index is 213. The number of carbonyl (C=O) groups is 1. The Kier molecular flexibility index (Phi) is 3.03. The van der Waals surface area contributed by atoms with E-state index < -0.39 is 12.1 Å². The van der Waals surface area contributed by atoms with Gasteiger partial charge in [-0.3, -0.25) is 0 Å². The van der Waals surface area contributed by atoms with Gasteiger partial charge in [0, 0.05) is 6.54 Å². The first-order chi connectivity index (χ1) is 6.75. The molecule has 2 saturated heterocycles. The van der Waals surface area contributed by atoms with E-state index >= 15 is 0 Å². The van der Waals surface area contributed by atoms with Crippen LogP contribution in [0, 0.1) is 0 Å². The van der Waals surface area contributed by atoms with Crippen LogP contribution in [-0.4, -0.2) is 47.8 Å². The molecule has 0 spiro atoms. The molecule has 4 nitrogen and oxygen atoms in total. The number of hydrogen-bond acceptors (Lipinski definition) is 3. The van der Waals surface area contributed by atoms with Crippen LogP contribution < -0.4 is 0 Å². The van der Waals surface area contributed by atoms with E-state index in [4.69, 9.17) is 9.84 Å². The van der Waals surface area contributed by atoms with Gasteiger partial charge in [0.25, 0.3) is 0 Å². The van der Waals surface area contributed by atoms with Crippen LogP contribution in [0.3, 0.4) is 0 Å². The van der Waals surface area contributed by atoms with Crippen molar-refractivity contribution in [3.05, 3.63) is 0 Å². The average Bonchev–Trinajstić information content (AvgIpc) is 2.75. The molecule has 4 heteroatoms. The molecule has 0 aromatic heterocycles. The lowest BCUT2D eigenvalue weighted by Gasteiger charge is -2.19. The Morgan fingerprint density at radius 3 is 2.64 bits per heavy atom. The fourth-order valence-electron chi connectivity index (χ4n) is 2.27. The van der Waals surface area contributed by atoms with E-state index in [0.29, 0.717) is 6.42 Å². The van der Waals surface area contributed by atoms with Gasteiger partial charge in [-0.05, 0) is 38.8 Å². The maximum absolute atomic E-state index is 10.6. The summed E-state index contributed by atoms with van der Waals surface area (Å²) in [5, 5.41) is 8.75. The molecular weight excluding hydrogens is 182 g/mol. The van der Waals surface area contributed by atoms with Crippen LogP contribution in [0.4, 0.5) is 0 Å². The van der Waals surface area contributed by atoms with Gasteiger partial charge in [-0.15, -0.1) is 0 Å². The van der Waals surface area contributed by atoms with Gasteiger partial charge in [-0.2, -0.15) is 0 Å². The van der Waals surface area contributed by atoms with E-state index in [2.05, 4.69) is 4.90 Å². The van der Waals surface area contributed by atoms with Gasteiger partial charge in [0.15, 0.2) is 6.10 Å². The molecule has 0 saturated carbocycles. The predicted octanol–water partition coefficient (Wildman–Crippen LogP) is 0.714. The topological polar surface area (TPSA) is 49.8 Å². The van der Waals surface area contributed by atoms with E-state index in [1.807, 2.05) is 0 Å². The molecule has 0 aromatic carbocycles. The van der Waals surface area contributed by atoms with Crippen LogP contribution in [0.2, 0.25) is 0 Å². The quantitative estimate of drug-likeness (QED) is 0.727. The van der Waals surface area contributed by atoms with E-state index in [9.17, 15) is 4.79 Å². The number of rotatable bonds is 3. The lowest BCUT2D eigenvalue weighted by molar-refractivity contribution is -0.149. The van der Waals surface area contributed by atoms with E-state index in [1.54, 1.807) is 0 Å². The first-order valence-electron chi connectivity index (χ1n) is 5.36. The van der Waals surface area contributed by atoms with Crippen molar-refractivity contribution < 1.29 is 14.6 Å². The molecule has 2 rings (SSSR count). The van der Waals surface area contributed by atoms with Crippen molar-refractivity contribution in [3.63, 3.8) is 0 Å². The molecule has 0 radical (unpaired) electrons. The van der Waals surface area contributed by atoms with Crippen molar-refractivity contribution >= 4 is 5.97 Å². The van der Waals surface area contributed by atoms with E-state index in [1.165, 1.54) is 12.8 Å². The van der Waals surface area contributed by atoms with E-state index in [-0.39, 0.29) is 6.10 Å². The summed E-state index contributed by atoms with van der Waals surface area (Å²) in [7, 11) is 0. The van der Waals surface area contributed by atoms with E-state index in [0.717, 1.165) is 26.1 Å². The Balaban J connectivity index is 1.75. The third-order valence-corrected chi connectivity index (χ3v) is 3.04. The summed E-state index contributed by atoms with van der Waals surface area (Å²) in [6, 6.07) is 0. The highest BCUT2D eigenvalue weighted by Gasteiger charge is 2.31. The molecule has 1 N–H and O–H groups in total. The van der Waals surface area contributed by atoms with Crippen molar-refractivity contribution in [2.75, 3.05) is 19.6 Å². The summed E-state index contributed by atoms with van der Waals surface area (Å²) in [4.78, 5) is 13.0. The van der Waals surface area contributed by atoms with Gasteiger partial charge in [-0.1, -0.05) is 0 Å². The lowest BCUT2D eigenvalue weighted by atomic mass is 10.2. The zero-order valence-corrected chi connectivity index (χ0v) is 8.32. The molecule has 2 fully saturated rings. The molecule has 0 unspecified atom stereocenters. The fraction of sp³-hybridized carbons (Fsp3) is 0.900. The smallest absolute Gasteiger partial charge is 0.332 e. The lowest BCUT2D eigenvalue weighted by Crippen LogP contribution is -2.31. The third-order valence-electron chi connectivity index (χ3n) is 3.04. The molecular formula is C10H17NO3. The second kappa shape index (κ2) is 4.28. The normalized spacial score (nSPS) is 33.7. The van der Waals surface area contributed by atoms with Crippen LogP contribution in [0.5, 0.6) is 0 Å². The summed E-state index contributed by atoms with van der Waals surface area (Å²) in [5.74, 6) is -0.811. The van der Waals surface area contributed by atoms with Crippen molar-refractivity contribution in [2.45, 2.75) is 37.9 Å². The van der Waals surface area contributed by atoms with Gasteiger partial charge in [0.1, 0.15) is 0 Å². The summed E-state index contributed by atoms with van der Waals surface area (Å²) < 4.78 is 5.44. The Labute approximate surface area is 83.8 Å². The second-order valence-electron chi connectivity index (χ2n) is 4.17. The van der Waals surface area contributed by atoms with Crippen molar-refractivity contribution in [2.24, 2.45) is 0 Å². The van der Waals surface area contributed by atoms with Crippen LogP contribution in [0.25, 0.3) is 0 Å². The number of aliphatic carboxylic acids is 1. The van der Waals surface area contributed by atoms with Gasteiger partial charge >= 0.3 is 5.97 Å². The molecule has 2 heterocycles. The zero-order valence-electron chi connectivity index (χ0n) is 8.32. The van der Waals surface area contributed by atoms with Crippen molar-refractivity contribution in [3.8, 4) is 0 Å². The van der Waals surface area contributed by atoms with Crippen LogP contribution in [0.1, 0.15) is 25.7 Å². The Morgan fingerprint density at radius 2 is 2.07 bits per heavy atom. The molecule has 2 aliphatic rings. The molecule has 2 aliphatic heterocycles. The Hall–Kier alpha value is -0.610. The van der Waals surface area contributed by atoms with Crippen LogP contribution >= 0.6 is 0 Å². The van der Waals surface area contributed by atoms with Crippen LogP contribution in [-0.2, 0) is 9.53 Å². The number of nitrogens with zero attached hydrogens (tertiary/aromatic N) is 1. The minimum absolute atomic E-state index is 0.147. The number of likely N-dealkylation sites (tertiary alicyclic amines) is 1. The standard InChI is InChI=1S/C10H17NO3/c12-10(13)9-4-3-8(14-9)7-11-5-1-2-6-11/h8-9H,1-7H2,(H,12,13)/t8-,9+/m1/s1. The summed E-state index contributed by atoms with van der Waals surface area (Å²) in [5.41, 5.74) is 0. The third kappa shape index (κ3) is 2.25. The maximum Gasteiger partial charge on any atom is 0.332 e. The molecule has 0 aromatic rings. The average molecular weight is 199 g/mol. The molecule has 14 heavy (non-hydrogen) atoms. The molecule has 80 valence electrons. The summed E-state index contributed by atoms with van der Waals surface area (Å²) in [6.07, 6.45) is 3.71. The summed E-state index contributed by atoms with van der Waals surface area (Å²) >= 11 is 0. The van der Waals surface area contributed by atoms with Gasteiger partial charge < -0.3 is 14.7 Å². The number of ether oxygens (including phenoxy) is 1. The molecule has 0 bridgehead atoms. The number of hydrogen-bond donors (Lipinski definition) is 1. The minimum Gasteiger partial charge on any atom is -0.479 e. The SMILES string of the molecule is O=C(O)[C@@H]1CC[C@H](CN2CCCC2)O1. The minimum atomic E-state index is -0.811. The van der Waals surface area contributed by atoms with Crippen molar-refractivity contribution in [1.29, 1.82) is 0 Å². The molecule has 2 atom stereocenters. The monoisotopic (exact) mass is 199 g/mol. The zero-order chi connectivity index (χ0) is 9.97. The molecule has 0 aliphatic carbocycles. The van der Waals surface area contributed by atoms with Gasteiger partial charge in [0.2, 0.25) is 0 Å². The molecule has 0 amide bonds. The fourth-order valence-corrected chi connectivity index (χ4v) is 2.27.